The van der Waals surface area contributed by atoms with Gasteiger partial charge in [0.2, 0.25) is 0 Å². The molecule has 0 aromatic rings. The predicted molar refractivity (Wildman–Crippen MR) is 55.0 cm³/mol. The lowest BCUT2D eigenvalue weighted by atomic mass is 10.2. The maximum atomic E-state index is 2.27. The van der Waals surface area contributed by atoms with Crippen LogP contribution in [0.4, 0.5) is 0 Å². The molecule has 0 fully saturated rings. The molecule has 1 aliphatic carbocycles. The van der Waals surface area contributed by atoms with Crippen molar-refractivity contribution in [2.45, 2.75) is 25.7 Å². The van der Waals surface area contributed by atoms with E-state index in [1.807, 2.05) is 0 Å². The monoisotopic (exact) mass is 160 g/mol. The Hall–Kier alpha value is -1.04. The first kappa shape index (κ1) is 9.05. The van der Waals surface area contributed by atoms with E-state index in [1.165, 1.54) is 12.8 Å². The standard InChI is InChI=1S/C12H16/c1-2-4-6-8-10-12-11-9-7-5-3-1/h1-6,11-12H,7-10H2/b2-1?,5-3-,6-4?,12-11-. The first-order chi connectivity index (χ1) is 6.00. The zero-order chi connectivity index (χ0) is 8.49. The van der Waals surface area contributed by atoms with Gasteiger partial charge in [-0.1, -0.05) is 48.6 Å². The molecule has 1 rings (SSSR count). The molecule has 0 bridgehead atoms. The second kappa shape index (κ2) is 6.66. The summed E-state index contributed by atoms with van der Waals surface area (Å²) in [6, 6.07) is 0. The van der Waals surface area contributed by atoms with Crippen LogP contribution in [0.15, 0.2) is 48.6 Å². The van der Waals surface area contributed by atoms with Crippen molar-refractivity contribution >= 4 is 0 Å². The fourth-order valence-corrected chi connectivity index (χ4v) is 1.10. The number of allylic oxidation sites excluding steroid dienone is 8. The Morgan fingerprint density at radius 1 is 0.417 bits per heavy atom. The number of rotatable bonds is 0. The van der Waals surface area contributed by atoms with E-state index in [-0.39, 0.29) is 0 Å². The van der Waals surface area contributed by atoms with E-state index in [2.05, 4.69) is 48.6 Å². The molecule has 1 aliphatic rings. The molecule has 0 aromatic heterocycles. The van der Waals surface area contributed by atoms with Crippen molar-refractivity contribution < 1.29 is 0 Å². The fraction of sp³-hybridized carbons (Fsp3) is 0.333. The van der Waals surface area contributed by atoms with Gasteiger partial charge in [0.25, 0.3) is 0 Å². The summed E-state index contributed by atoms with van der Waals surface area (Å²) >= 11 is 0. The molecule has 0 saturated heterocycles. The van der Waals surface area contributed by atoms with Crippen LogP contribution in [-0.2, 0) is 0 Å². The average molecular weight is 160 g/mol. The van der Waals surface area contributed by atoms with Crippen LogP contribution in [0, 0.1) is 0 Å². The second-order valence-electron chi connectivity index (χ2n) is 2.87. The maximum absolute atomic E-state index is 2.27. The van der Waals surface area contributed by atoms with Crippen molar-refractivity contribution in [3.8, 4) is 0 Å². The maximum Gasteiger partial charge on any atom is -0.0313 e. The first-order valence-electron chi connectivity index (χ1n) is 4.63. The Labute approximate surface area is 75.0 Å². The fourth-order valence-electron chi connectivity index (χ4n) is 1.10. The Morgan fingerprint density at radius 3 is 1.33 bits per heavy atom. The summed E-state index contributed by atoms with van der Waals surface area (Å²) in [5, 5.41) is 0. The van der Waals surface area contributed by atoms with E-state index >= 15 is 0 Å². The third-order valence-electron chi connectivity index (χ3n) is 1.77. The van der Waals surface area contributed by atoms with E-state index in [4.69, 9.17) is 0 Å². The van der Waals surface area contributed by atoms with Crippen molar-refractivity contribution in [2.75, 3.05) is 0 Å². The summed E-state index contributed by atoms with van der Waals surface area (Å²) in [6.45, 7) is 0. The van der Waals surface area contributed by atoms with E-state index in [0.717, 1.165) is 12.8 Å². The van der Waals surface area contributed by atoms with Crippen LogP contribution >= 0.6 is 0 Å². The van der Waals surface area contributed by atoms with Crippen molar-refractivity contribution in [1.29, 1.82) is 0 Å². The normalized spacial score (nSPS) is 24.0. The SMILES string of the molecule is C1=C/C=C\CC/C=C\CCC=C1. The van der Waals surface area contributed by atoms with Gasteiger partial charge >= 0.3 is 0 Å². The lowest BCUT2D eigenvalue weighted by Crippen LogP contribution is -1.68. The molecular weight excluding hydrogens is 144 g/mol. The lowest BCUT2D eigenvalue weighted by molar-refractivity contribution is 1.00. The molecule has 0 aromatic carbocycles. The summed E-state index contributed by atoms with van der Waals surface area (Å²) in [5.41, 5.74) is 0. The molecule has 0 saturated carbocycles. The number of hydrogen-bond donors (Lipinski definition) is 0. The topological polar surface area (TPSA) is 0 Å². The van der Waals surface area contributed by atoms with Gasteiger partial charge in [0.05, 0.1) is 0 Å². The largest absolute Gasteiger partial charge is 0.0882 e. The average Bonchev–Trinajstić information content (AvgIpc) is 2.05. The summed E-state index contributed by atoms with van der Waals surface area (Å²) in [5.74, 6) is 0. The van der Waals surface area contributed by atoms with Gasteiger partial charge in [0, 0.05) is 0 Å². The minimum absolute atomic E-state index is 1.16. The lowest BCUT2D eigenvalue weighted by Gasteiger charge is -1.89. The Balaban J connectivity index is 2.42. The minimum Gasteiger partial charge on any atom is -0.0882 e. The zero-order valence-corrected chi connectivity index (χ0v) is 7.45. The van der Waals surface area contributed by atoms with Gasteiger partial charge in [-0.25, -0.2) is 0 Å². The third-order valence-corrected chi connectivity index (χ3v) is 1.77. The van der Waals surface area contributed by atoms with Crippen molar-refractivity contribution in [2.24, 2.45) is 0 Å². The molecule has 0 nitrogen and oxygen atoms in total. The van der Waals surface area contributed by atoms with Gasteiger partial charge in [0.15, 0.2) is 0 Å². The molecule has 0 unspecified atom stereocenters. The summed E-state index contributed by atoms with van der Waals surface area (Å²) < 4.78 is 0. The van der Waals surface area contributed by atoms with Crippen molar-refractivity contribution in [1.82, 2.24) is 0 Å². The molecule has 12 heavy (non-hydrogen) atoms. The van der Waals surface area contributed by atoms with E-state index < -0.39 is 0 Å². The highest BCUT2D eigenvalue weighted by atomic mass is 13.9. The van der Waals surface area contributed by atoms with Crippen LogP contribution in [0.3, 0.4) is 0 Å². The highest BCUT2D eigenvalue weighted by molar-refractivity contribution is 5.11. The Morgan fingerprint density at radius 2 is 0.833 bits per heavy atom. The van der Waals surface area contributed by atoms with Crippen LogP contribution in [-0.4, -0.2) is 0 Å². The zero-order valence-electron chi connectivity index (χ0n) is 7.45. The highest BCUT2D eigenvalue weighted by Gasteiger charge is 1.78. The van der Waals surface area contributed by atoms with Crippen LogP contribution in [0.25, 0.3) is 0 Å². The smallest absolute Gasteiger partial charge is 0.0313 e. The van der Waals surface area contributed by atoms with E-state index in [1.54, 1.807) is 0 Å². The van der Waals surface area contributed by atoms with Gasteiger partial charge in [-0.3, -0.25) is 0 Å². The summed E-state index contributed by atoms with van der Waals surface area (Å²) in [7, 11) is 0. The molecule has 0 heterocycles. The highest BCUT2D eigenvalue weighted by Crippen LogP contribution is 1.99. The minimum atomic E-state index is 1.16. The van der Waals surface area contributed by atoms with E-state index in [9.17, 15) is 0 Å². The quantitative estimate of drug-likeness (QED) is 0.473. The van der Waals surface area contributed by atoms with Crippen LogP contribution < -0.4 is 0 Å². The van der Waals surface area contributed by atoms with E-state index in [0.29, 0.717) is 0 Å². The molecular formula is C12H16. The summed E-state index contributed by atoms with van der Waals surface area (Å²) in [4.78, 5) is 0. The first-order valence-corrected chi connectivity index (χ1v) is 4.63. The molecule has 64 valence electrons. The van der Waals surface area contributed by atoms with Crippen LogP contribution in [0.5, 0.6) is 0 Å². The Kier molecular flexibility index (Phi) is 5.02. The van der Waals surface area contributed by atoms with Gasteiger partial charge in [-0.05, 0) is 25.7 Å². The third kappa shape index (κ3) is 4.73. The molecule has 0 heteroatoms. The predicted octanol–water partition coefficient (Wildman–Crippen LogP) is 3.79. The van der Waals surface area contributed by atoms with Crippen molar-refractivity contribution in [3.63, 3.8) is 0 Å². The van der Waals surface area contributed by atoms with Gasteiger partial charge < -0.3 is 0 Å². The van der Waals surface area contributed by atoms with Crippen LogP contribution in [0.2, 0.25) is 0 Å². The molecule has 0 N–H and O–H groups in total. The van der Waals surface area contributed by atoms with Gasteiger partial charge in [-0.2, -0.15) is 0 Å². The second-order valence-corrected chi connectivity index (χ2v) is 2.87. The molecule has 0 radical (unpaired) electrons. The van der Waals surface area contributed by atoms with Gasteiger partial charge in [0.1, 0.15) is 0 Å². The number of hydrogen-bond acceptors (Lipinski definition) is 0. The van der Waals surface area contributed by atoms with Gasteiger partial charge in [-0.15, -0.1) is 0 Å². The molecule has 0 amide bonds. The molecule has 0 atom stereocenters. The van der Waals surface area contributed by atoms with Crippen LogP contribution in [0.1, 0.15) is 25.7 Å². The Bertz CT molecular complexity index is 182. The summed E-state index contributed by atoms with van der Waals surface area (Å²) in [6.07, 6.45) is 22.0. The molecule has 0 spiro atoms. The van der Waals surface area contributed by atoms with Crippen molar-refractivity contribution in [3.05, 3.63) is 48.6 Å². The molecule has 0 aliphatic heterocycles.